The molecule has 4 unspecified atom stereocenters. The van der Waals surface area contributed by atoms with Crippen molar-refractivity contribution in [1.29, 1.82) is 0 Å². The first-order valence-corrected chi connectivity index (χ1v) is 16.9. The lowest BCUT2D eigenvalue weighted by molar-refractivity contribution is -0.154. The van der Waals surface area contributed by atoms with E-state index in [0.717, 1.165) is 0 Å². The Balaban J connectivity index is 4.80. The summed E-state index contributed by atoms with van der Waals surface area (Å²) in [6.07, 6.45) is 0.509. The van der Waals surface area contributed by atoms with E-state index in [0.29, 0.717) is 85.5 Å². The van der Waals surface area contributed by atoms with Crippen molar-refractivity contribution in [2.75, 3.05) is 79.8 Å². The number of methoxy groups -OCH3 is 1. The summed E-state index contributed by atoms with van der Waals surface area (Å²) in [6.45, 7) is 26.4. The van der Waals surface area contributed by atoms with Crippen molar-refractivity contribution >= 4 is 11.9 Å². The molecule has 11 heteroatoms. The summed E-state index contributed by atoms with van der Waals surface area (Å²) in [4.78, 5) is 23.3. The summed E-state index contributed by atoms with van der Waals surface area (Å²) in [7, 11) is 1.64. The normalized spacial score (nSPS) is 15.2. The molecule has 0 radical (unpaired) electrons. The molecule has 0 N–H and O–H groups in total. The van der Waals surface area contributed by atoms with E-state index in [1.807, 2.05) is 20.8 Å². The quantitative estimate of drug-likeness (QED) is 0.0746. The molecule has 0 fully saturated rings. The predicted molar refractivity (Wildman–Crippen MR) is 178 cm³/mol. The minimum absolute atomic E-state index is 0.153. The Morgan fingerprint density at radius 2 is 0.935 bits per heavy atom. The maximum absolute atomic E-state index is 11.7. The van der Waals surface area contributed by atoms with Gasteiger partial charge < -0.3 is 42.6 Å². The van der Waals surface area contributed by atoms with Crippen molar-refractivity contribution in [3.63, 3.8) is 0 Å². The molecule has 0 rings (SSSR count). The van der Waals surface area contributed by atoms with E-state index >= 15 is 0 Å². The number of carbonyl (C=O) groups excluding carboxylic acids is 2. The van der Waals surface area contributed by atoms with Crippen LogP contribution in [0.1, 0.15) is 89.0 Å². The zero-order valence-electron chi connectivity index (χ0n) is 31.1. The number of carbonyl (C=O) groups is 2. The molecule has 0 aliphatic carbocycles. The number of esters is 2. The highest BCUT2D eigenvalue weighted by Crippen LogP contribution is 2.34. The molecule has 0 saturated heterocycles. The van der Waals surface area contributed by atoms with E-state index in [4.69, 9.17) is 42.6 Å². The monoisotopic (exact) mass is 664 g/mol. The second kappa shape index (κ2) is 24.7. The van der Waals surface area contributed by atoms with Crippen LogP contribution in [0.4, 0.5) is 0 Å². The fourth-order valence-corrected chi connectivity index (χ4v) is 4.97. The Bertz CT molecular complexity index is 785. The Kier molecular flexibility index (Phi) is 24.0. The van der Waals surface area contributed by atoms with Crippen LogP contribution < -0.4 is 0 Å². The standard InChI is InChI=1S/C35H68O11/c1-13-43-32(34(8,9)22-30(26(2)3)45-28(6)36)24-41-18-16-40-17-19-42-25-33(44-21-20-39-15-14-38-12)35(10,11)23-31(27(4)5)46-29(7)37/h26-27,30-33H,13-25H2,1-12H3. The second-order valence-corrected chi connectivity index (χ2v) is 13.8. The number of hydrogen-bond acceptors (Lipinski definition) is 11. The first kappa shape index (κ1) is 44.7. The third-order valence-electron chi connectivity index (χ3n) is 7.95. The van der Waals surface area contributed by atoms with E-state index in [2.05, 4.69) is 41.5 Å². The van der Waals surface area contributed by atoms with Crippen LogP contribution in [0.5, 0.6) is 0 Å². The van der Waals surface area contributed by atoms with Crippen molar-refractivity contribution < 1.29 is 52.2 Å². The molecule has 0 amide bonds. The average Bonchev–Trinajstić information content (AvgIpc) is 2.94. The van der Waals surface area contributed by atoms with Crippen molar-refractivity contribution in [2.24, 2.45) is 22.7 Å². The molecule has 0 aromatic rings. The zero-order chi connectivity index (χ0) is 35.2. The van der Waals surface area contributed by atoms with Gasteiger partial charge in [0.15, 0.2) is 0 Å². The summed E-state index contributed by atoms with van der Waals surface area (Å²) in [5.41, 5.74) is -0.589. The van der Waals surface area contributed by atoms with Crippen LogP contribution in [0.2, 0.25) is 0 Å². The number of rotatable bonds is 29. The van der Waals surface area contributed by atoms with Gasteiger partial charge >= 0.3 is 11.9 Å². The molecule has 46 heavy (non-hydrogen) atoms. The van der Waals surface area contributed by atoms with Gasteiger partial charge in [-0.05, 0) is 42.4 Å². The van der Waals surface area contributed by atoms with Gasteiger partial charge in [0.05, 0.1) is 78.3 Å². The Morgan fingerprint density at radius 3 is 1.30 bits per heavy atom. The fraction of sp³-hybridized carbons (Fsp3) is 0.943. The molecular weight excluding hydrogens is 596 g/mol. The molecule has 0 aromatic carbocycles. The summed E-state index contributed by atoms with van der Waals surface area (Å²) in [5.74, 6) is -0.181. The van der Waals surface area contributed by atoms with E-state index in [1.165, 1.54) is 13.8 Å². The van der Waals surface area contributed by atoms with E-state index in [1.54, 1.807) is 7.11 Å². The summed E-state index contributed by atoms with van der Waals surface area (Å²) >= 11 is 0. The van der Waals surface area contributed by atoms with Crippen LogP contribution >= 0.6 is 0 Å². The van der Waals surface area contributed by atoms with Gasteiger partial charge in [0.2, 0.25) is 0 Å². The topological polar surface area (TPSA) is 117 Å². The Hall–Kier alpha value is -1.34. The molecule has 0 bridgehead atoms. The van der Waals surface area contributed by atoms with Gasteiger partial charge in [-0.3, -0.25) is 9.59 Å². The van der Waals surface area contributed by atoms with Crippen LogP contribution in [0.15, 0.2) is 0 Å². The minimum Gasteiger partial charge on any atom is -0.462 e. The van der Waals surface area contributed by atoms with Crippen molar-refractivity contribution in [2.45, 2.75) is 113 Å². The highest BCUT2D eigenvalue weighted by molar-refractivity contribution is 5.66. The lowest BCUT2D eigenvalue weighted by atomic mass is 9.79. The smallest absolute Gasteiger partial charge is 0.302 e. The highest BCUT2D eigenvalue weighted by atomic mass is 16.6. The molecule has 0 aromatic heterocycles. The summed E-state index contributed by atoms with van der Waals surface area (Å²) < 4.78 is 51.7. The van der Waals surface area contributed by atoms with Crippen molar-refractivity contribution in [3.8, 4) is 0 Å². The molecule has 0 saturated carbocycles. The third kappa shape index (κ3) is 20.8. The molecule has 0 aliphatic rings. The Morgan fingerprint density at radius 1 is 0.565 bits per heavy atom. The molecule has 11 nitrogen and oxygen atoms in total. The maximum Gasteiger partial charge on any atom is 0.302 e. The highest BCUT2D eigenvalue weighted by Gasteiger charge is 2.36. The molecule has 4 atom stereocenters. The van der Waals surface area contributed by atoms with Crippen LogP contribution in [-0.2, 0) is 52.2 Å². The number of ether oxygens (including phenoxy) is 9. The van der Waals surface area contributed by atoms with Gasteiger partial charge in [-0.15, -0.1) is 0 Å². The van der Waals surface area contributed by atoms with Gasteiger partial charge in [-0.1, -0.05) is 55.4 Å². The third-order valence-corrected chi connectivity index (χ3v) is 7.95. The summed E-state index contributed by atoms with van der Waals surface area (Å²) in [6, 6.07) is 0. The van der Waals surface area contributed by atoms with E-state index < -0.39 is 0 Å². The van der Waals surface area contributed by atoms with E-state index in [9.17, 15) is 9.59 Å². The van der Waals surface area contributed by atoms with Crippen molar-refractivity contribution in [3.05, 3.63) is 0 Å². The van der Waals surface area contributed by atoms with Gasteiger partial charge in [0.1, 0.15) is 12.2 Å². The predicted octanol–water partition coefficient (Wildman–Crippen LogP) is 5.50. The number of hydrogen-bond donors (Lipinski definition) is 0. The maximum atomic E-state index is 11.7. The second-order valence-electron chi connectivity index (χ2n) is 13.8. The van der Waals surface area contributed by atoms with Crippen molar-refractivity contribution in [1.82, 2.24) is 0 Å². The SMILES string of the molecule is CCOC(COCCOCCOCC(OCCOCCOC)C(C)(C)CC(OC(C)=O)C(C)C)C(C)(C)CC(OC(C)=O)C(C)C. The first-order valence-electron chi connectivity index (χ1n) is 16.9. The van der Waals surface area contributed by atoms with Crippen LogP contribution in [-0.4, -0.2) is 116 Å². The minimum atomic E-state index is -0.329. The van der Waals surface area contributed by atoms with Gasteiger partial charge in [0.25, 0.3) is 0 Å². The lowest BCUT2D eigenvalue weighted by Gasteiger charge is -2.37. The molecule has 274 valence electrons. The zero-order valence-corrected chi connectivity index (χ0v) is 31.1. The van der Waals surface area contributed by atoms with Gasteiger partial charge in [-0.25, -0.2) is 0 Å². The molecule has 0 aliphatic heterocycles. The van der Waals surface area contributed by atoms with Gasteiger partial charge in [-0.2, -0.15) is 0 Å². The van der Waals surface area contributed by atoms with E-state index in [-0.39, 0.29) is 59.0 Å². The average molecular weight is 665 g/mol. The van der Waals surface area contributed by atoms with Crippen LogP contribution in [0, 0.1) is 22.7 Å². The van der Waals surface area contributed by atoms with Gasteiger partial charge in [0, 0.05) is 27.6 Å². The first-order chi connectivity index (χ1) is 21.6. The molecule has 0 spiro atoms. The fourth-order valence-electron chi connectivity index (χ4n) is 4.97. The van der Waals surface area contributed by atoms with Crippen LogP contribution in [0.25, 0.3) is 0 Å². The summed E-state index contributed by atoms with van der Waals surface area (Å²) in [5, 5.41) is 0. The molecule has 0 heterocycles. The van der Waals surface area contributed by atoms with Crippen LogP contribution in [0.3, 0.4) is 0 Å². The largest absolute Gasteiger partial charge is 0.462 e. The Labute approximate surface area is 279 Å². The lowest BCUT2D eigenvalue weighted by Crippen LogP contribution is -2.41. The molecular formula is C35H68O11.